The van der Waals surface area contributed by atoms with Crippen molar-refractivity contribution < 1.29 is 18.7 Å². The fourth-order valence-electron chi connectivity index (χ4n) is 2.42. The van der Waals surface area contributed by atoms with Crippen LogP contribution in [-0.2, 0) is 4.79 Å². The summed E-state index contributed by atoms with van der Waals surface area (Å²) in [4.78, 5) is 12.2. The number of aromatic nitrogens is 2. The number of nitrogens with zero attached hydrogens (tertiary/aromatic N) is 2. The summed E-state index contributed by atoms with van der Waals surface area (Å²) in [7, 11) is 0. The van der Waals surface area contributed by atoms with Gasteiger partial charge in [0.15, 0.2) is 11.5 Å². The van der Waals surface area contributed by atoms with Gasteiger partial charge in [-0.3, -0.25) is 4.79 Å². The number of anilines is 1. The number of amides is 1. The Morgan fingerprint density at radius 1 is 1.07 bits per heavy atom. The second-order valence-electron chi connectivity index (χ2n) is 5.58. The number of benzene rings is 2. The molecule has 0 radical (unpaired) electrons. The summed E-state index contributed by atoms with van der Waals surface area (Å²) >= 11 is 7.03. The van der Waals surface area contributed by atoms with Crippen LogP contribution in [0.2, 0.25) is 5.02 Å². The predicted molar refractivity (Wildman–Crippen MR) is 102 cm³/mol. The molecule has 1 aromatic heterocycles. The Kier molecular flexibility index (Phi) is 5.17. The van der Waals surface area contributed by atoms with E-state index in [0.717, 1.165) is 17.3 Å². The number of hydrogen-bond donors (Lipinski definition) is 1. The molecular formula is C18H14ClN3O4S. The molecule has 0 spiro atoms. The summed E-state index contributed by atoms with van der Waals surface area (Å²) in [5, 5.41) is 11.7. The zero-order valence-electron chi connectivity index (χ0n) is 14.0. The van der Waals surface area contributed by atoms with E-state index in [2.05, 4.69) is 15.5 Å². The third-order valence-electron chi connectivity index (χ3n) is 3.65. The van der Waals surface area contributed by atoms with Crippen LogP contribution < -0.4 is 14.8 Å². The molecule has 0 saturated carbocycles. The first kappa shape index (κ1) is 17.7. The minimum atomic E-state index is -0.192. The van der Waals surface area contributed by atoms with E-state index in [1.807, 2.05) is 0 Å². The Hall–Kier alpha value is -2.71. The van der Waals surface area contributed by atoms with Crippen molar-refractivity contribution in [3.8, 4) is 23.0 Å². The highest BCUT2D eigenvalue weighted by molar-refractivity contribution is 7.99. The Morgan fingerprint density at radius 3 is 2.67 bits per heavy atom. The molecule has 1 aliphatic rings. The first-order valence-electron chi connectivity index (χ1n) is 8.09. The maximum atomic E-state index is 12.2. The number of rotatable bonds is 5. The van der Waals surface area contributed by atoms with Crippen LogP contribution in [0.3, 0.4) is 0 Å². The molecule has 1 amide bonds. The number of carbonyl (C=O) groups is 1. The average Bonchev–Trinajstić information content (AvgIpc) is 3.16. The topological polar surface area (TPSA) is 86.5 Å². The highest BCUT2D eigenvalue weighted by Gasteiger charge is 2.14. The molecule has 9 heteroatoms. The van der Waals surface area contributed by atoms with E-state index in [1.165, 1.54) is 0 Å². The van der Waals surface area contributed by atoms with Gasteiger partial charge in [-0.25, -0.2) is 0 Å². The molecule has 2 aromatic carbocycles. The van der Waals surface area contributed by atoms with Crippen LogP contribution in [0.25, 0.3) is 11.5 Å². The first-order chi connectivity index (χ1) is 13.2. The number of hydrogen-bond acceptors (Lipinski definition) is 7. The van der Waals surface area contributed by atoms with Crippen molar-refractivity contribution in [3.05, 3.63) is 47.5 Å². The molecule has 0 aliphatic carbocycles. The van der Waals surface area contributed by atoms with Gasteiger partial charge in [0.25, 0.3) is 5.22 Å². The number of nitrogens with one attached hydrogen (secondary N) is 1. The lowest BCUT2D eigenvalue weighted by Gasteiger charge is -2.18. The predicted octanol–water partition coefficient (Wildman–Crippen LogP) is 3.89. The molecule has 1 N–H and O–H groups in total. The van der Waals surface area contributed by atoms with Crippen LogP contribution in [0, 0.1) is 0 Å². The Balaban J connectivity index is 1.34. The maximum absolute atomic E-state index is 12.2. The van der Waals surface area contributed by atoms with Gasteiger partial charge in [-0.05, 0) is 36.4 Å². The fourth-order valence-corrected chi connectivity index (χ4v) is 3.11. The summed E-state index contributed by atoms with van der Waals surface area (Å²) in [6, 6.07) is 12.3. The standard InChI is InChI=1S/C18H14ClN3O4S/c19-12-3-1-11(2-4-12)17-21-22-18(26-17)27-10-16(23)20-13-5-6-14-15(9-13)25-8-7-24-14/h1-6,9H,7-8,10H2,(H,20,23). The van der Waals surface area contributed by atoms with E-state index in [1.54, 1.807) is 42.5 Å². The summed E-state index contributed by atoms with van der Waals surface area (Å²) in [5.74, 6) is 1.62. The molecule has 2 heterocycles. The van der Waals surface area contributed by atoms with Crippen molar-refractivity contribution in [1.29, 1.82) is 0 Å². The minimum absolute atomic E-state index is 0.136. The summed E-state index contributed by atoms with van der Waals surface area (Å²) < 4.78 is 16.5. The molecule has 0 bridgehead atoms. The van der Waals surface area contributed by atoms with E-state index in [-0.39, 0.29) is 11.7 Å². The molecule has 0 fully saturated rings. The maximum Gasteiger partial charge on any atom is 0.277 e. The third-order valence-corrected chi connectivity index (χ3v) is 4.72. The van der Waals surface area contributed by atoms with Gasteiger partial charge < -0.3 is 19.2 Å². The molecule has 1 aliphatic heterocycles. The van der Waals surface area contributed by atoms with Crippen molar-refractivity contribution in [2.24, 2.45) is 0 Å². The van der Waals surface area contributed by atoms with E-state index in [0.29, 0.717) is 46.5 Å². The summed E-state index contributed by atoms with van der Waals surface area (Å²) in [5.41, 5.74) is 1.40. The zero-order valence-corrected chi connectivity index (χ0v) is 15.5. The molecule has 138 valence electrons. The van der Waals surface area contributed by atoms with Crippen molar-refractivity contribution in [3.63, 3.8) is 0 Å². The van der Waals surface area contributed by atoms with Crippen LogP contribution >= 0.6 is 23.4 Å². The van der Waals surface area contributed by atoms with Crippen LogP contribution in [0.1, 0.15) is 0 Å². The molecule has 4 rings (SSSR count). The van der Waals surface area contributed by atoms with Gasteiger partial charge >= 0.3 is 0 Å². The molecule has 0 saturated heterocycles. The summed E-state index contributed by atoms with van der Waals surface area (Å²) in [6.07, 6.45) is 0. The SMILES string of the molecule is O=C(CSc1nnc(-c2ccc(Cl)cc2)o1)Nc1ccc2c(c1)OCCO2. The Labute approximate surface area is 164 Å². The second kappa shape index (κ2) is 7.89. The van der Waals surface area contributed by atoms with E-state index in [4.69, 9.17) is 25.5 Å². The van der Waals surface area contributed by atoms with Crippen molar-refractivity contribution >= 4 is 35.0 Å². The van der Waals surface area contributed by atoms with E-state index in [9.17, 15) is 4.79 Å². The number of thioether (sulfide) groups is 1. The number of halogens is 1. The lowest BCUT2D eigenvalue weighted by Crippen LogP contribution is -2.17. The van der Waals surface area contributed by atoms with Gasteiger partial charge in [0.05, 0.1) is 5.75 Å². The number of fused-ring (bicyclic) bond motifs is 1. The first-order valence-corrected chi connectivity index (χ1v) is 9.45. The van der Waals surface area contributed by atoms with Crippen LogP contribution in [-0.4, -0.2) is 35.1 Å². The van der Waals surface area contributed by atoms with Crippen molar-refractivity contribution in [1.82, 2.24) is 10.2 Å². The number of ether oxygens (including phenoxy) is 2. The van der Waals surface area contributed by atoms with Gasteiger partial charge in [0.1, 0.15) is 13.2 Å². The molecule has 3 aromatic rings. The number of carbonyl (C=O) groups excluding carboxylic acids is 1. The van der Waals surface area contributed by atoms with Crippen molar-refractivity contribution in [2.45, 2.75) is 5.22 Å². The van der Waals surface area contributed by atoms with Crippen LogP contribution in [0.15, 0.2) is 52.1 Å². The average molecular weight is 404 g/mol. The van der Waals surface area contributed by atoms with Gasteiger partial charge in [-0.2, -0.15) is 0 Å². The Bertz CT molecular complexity index is 961. The lowest BCUT2D eigenvalue weighted by atomic mass is 10.2. The zero-order chi connectivity index (χ0) is 18.6. The van der Waals surface area contributed by atoms with Crippen molar-refractivity contribution in [2.75, 3.05) is 24.3 Å². The van der Waals surface area contributed by atoms with E-state index >= 15 is 0 Å². The smallest absolute Gasteiger partial charge is 0.277 e. The third kappa shape index (κ3) is 4.35. The normalized spacial score (nSPS) is 12.6. The molecule has 27 heavy (non-hydrogen) atoms. The molecule has 0 unspecified atom stereocenters. The van der Waals surface area contributed by atoms with Crippen LogP contribution in [0.4, 0.5) is 5.69 Å². The Morgan fingerprint density at radius 2 is 1.85 bits per heavy atom. The highest BCUT2D eigenvalue weighted by atomic mass is 35.5. The van der Waals surface area contributed by atoms with Gasteiger partial charge in [0.2, 0.25) is 11.8 Å². The summed E-state index contributed by atoms with van der Waals surface area (Å²) in [6.45, 7) is 1.02. The van der Waals surface area contributed by atoms with Gasteiger partial charge in [-0.15, -0.1) is 10.2 Å². The van der Waals surface area contributed by atoms with E-state index < -0.39 is 0 Å². The quantitative estimate of drug-likeness (QED) is 0.646. The highest BCUT2D eigenvalue weighted by Crippen LogP contribution is 2.32. The van der Waals surface area contributed by atoms with Gasteiger partial charge in [0, 0.05) is 22.3 Å². The lowest BCUT2D eigenvalue weighted by molar-refractivity contribution is -0.113. The van der Waals surface area contributed by atoms with Crippen LogP contribution in [0.5, 0.6) is 11.5 Å². The molecule has 7 nitrogen and oxygen atoms in total. The molecule has 0 atom stereocenters. The second-order valence-corrected chi connectivity index (χ2v) is 6.94. The van der Waals surface area contributed by atoms with Gasteiger partial charge in [-0.1, -0.05) is 23.4 Å². The largest absolute Gasteiger partial charge is 0.486 e. The minimum Gasteiger partial charge on any atom is -0.486 e. The molecular weight excluding hydrogens is 390 g/mol. The monoisotopic (exact) mass is 403 g/mol. The fraction of sp³-hybridized carbons (Fsp3) is 0.167.